The first-order valence-corrected chi connectivity index (χ1v) is 6.23. The van der Waals surface area contributed by atoms with E-state index < -0.39 is 0 Å². The van der Waals surface area contributed by atoms with Crippen LogP contribution >= 0.6 is 0 Å². The summed E-state index contributed by atoms with van der Waals surface area (Å²) < 4.78 is 0. The zero-order valence-electron chi connectivity index (χ0n) is 10.2. The second kappa shape index (κ2) is 6.19. The fourth-order valence-electron chi connectivity index (χ4n) is 2.05. The highest BCUT2D eigenvalue weighted by atomic mass is 16.1. The third-order valence-electron chi connectivity index (χ3n) is 3.14. The Labute approximate surface area is 106 Å². The Bertz CT molecular complexity index is 465. The molecule has 5 nitrogen and oxygen atoms in total. The van der Waals surface area contributed by atoms with Crippen LogP contribution < -0.4 is 10.6 Å². The van der Waals surface area contributed by atoms with E-state index in [0.29, 0.717) is 5.56 Å². The normalized spacial score (nSPS) is 22.9. The van der Waals surface area contributed by atoms with Gasteiger partial charge in [-0.05, 0) is 25.0 Å². The third-order valence-corrected chi connectivity index (χ3v) is 3.14. The van der Waals surface area contributed by atoms with Gasteiger partial charge in [-0.3, -0.25) is 4.79 Å². The fourth-order valence-corrected chi connectivity index (χ4v) is 2.05. The molecule has 1 aliphatic carbocycles. The molecule has 0 saturated heterocycles. The summed E-state index contributed by atoms with van der Waals surface area (Å²) in [6.07, 6.45) is 4.16. The van der Waals surface area contributed by atoms with Crippen LogP contribution in [0.1, 0.15) is 36.0 Å². The average molecular weight is 245 g/mol. The van der Waals surface area contributed by atoms with E-state index in [2.05, 4.69) is 15.1 Å². The molecule has 18 heavy (non-hydrogen) atoms. The first-order valence-electron chi connectivity index (χ1n) is 6.23. The maximum absolute atomic E-state index is 11.6. The molecular formula is C13H17N4O+. The summed E-state index contributed by atoms with van der Waals surface area (Å²) in [5.74, 6) is -0.372. The van der Waals surface area contributed by atoms with Gasteiger partial charge >= 0.3 is 5.91 Å². The minimum Gasteiger partial charge on any atom is -0.326 e. The fraction of sp³-hybridized carbons (Fsp3) is 0.462. The maximum Gasteiger partial charge on any atom is 0.360 e. The van der Waals surface area contributed by atoms with Crippen LogP contribution in [0.25, 0.3) is 0 Å². The number of nitrogens with two attached hydrogens (primary N) is 1. The highest BCUT2D eigenvalue weighted by Gasteiger charge is 2.25. The van der Waals surface area contributed by atoms with Crippen LogP contribution in [0.2, 0.25) is 0 Å². The van der Waals surface area contributed by atoms with Crippen LogP contribution in [0.4, 0.5) is 0 Å². The SMILES string of the molecule is NC1CCCCC1N=[N+]=NC(=O)c1ccccc1. The summed E-state index contributed by atoms with van der Waals surface area (Å²) in [7, 11) is 0. The minimum absolute atomic E-state index is 0.00562. The Hall–Kier alpha value is -1.84. The largest absolute Gasteiger partial charge is 0.360 e. The van der Waals surface area contributed by atoms with E-state index in [0.717, 1.165) is 25.7 Å². The summed E-state index contributed by atoms with van der Waals surface area (Å²) in [5, 5.41) is 7.63. The summed E-state index contributed by atoms with van der Waals surface area (Å²) in [4.78, 5) is 15.3. The van der Waals surface area contributed by atoms with E-state index in [9.17, 15) is 4.79 Å². The highest BCUT2D eigenvalue weighted by Crippen LogP contribution is 2.18. The van der Waals surface area contributed by atoms with E-state index in [1.807, 2.05) is 6.07 Å². The van der Waals surface area contributed by atoms with Gasteiger partial charge in [-0.2, -0.15) is 0 Å². The van der Waals surface area contributed by atoms with E-state index >= 15 is 0 Å². The molecule has 5 heteroatoms. The quantitative estimate of drug-likeness (QED) is 0.639. The second-order valence-electron chi connectivity index (χ2n) is 4.49. The Balaban J connectivity index is 2.00. The monoisotopic (exact) mass is 245 g/mol. The van der Waals surface area contributed by atoms with E-state index in [-0.39, 0.29) is 18.0 Å². The minimum atomic E-state index is -0.372. The number of rotatable bonds is 2. The molecule has 0 bridgehead atoms. The molecule has 94 valence electrons. The van der Waals surface area contributed by atoms with Crippen molar-refractivity contribution >= 4 is 5.91 Å². The lowest BCUT2D eigenvalue weighted by Gasteiger charge is -2.19. The lowest BCUT2D eigenvalue weighted by atomic mass is 9.92. The van der Waals surface area contributed by atoms with Crippen molar-refractivity contribution in [3.05, 3.63) is 35.9 Å². The van der Waals surface area contributed by atoms with Gasteiger partial charge in [-0.1, -0.05) is 31.0 Å². The van der Waals surface area contributed by atoms with Gasteiger partial charge in [0.1, 0.15) is 11.2 Å². The molecule has 0 heterocycles. The van der Waals surface area contributed by atoms with Crippen molar-refractivity contribution in [2.24, 2.45) is 16.0 Å². The molecule has 1 aromatic carbocycles. The van der Waals surface area contributed by atoms with E-state index in [4.69, 9.17) is 5.73 Å². The van der Waals surface area contributed by atoms with Gasteiger partial charge in [-0.15, -0.1) is 0 Å². The molecular weight excluding hydrogens is 228 g/mol. The van der Waals surface area contributed by atoms with Gasteiger partial charge in [0, 0.05) is 11.6 Å². The molecule has 1 fully saturated rings. The zero-order chi connectivity index (χ0) is 12.8. The molecule has 1 amide bonds. The van der Waals surface area contributed by atoms with Crippen molar-refractivity contribution < 1.29 is 4.79 Å². The Morgan fingerprint density at radius 1 is 1.22 bits per heavy atom. The lowest BCUT2D eigenvalue weighted by molar-refractivity contribution is 0.0992. The molecule has 2 atom stereocenters. The first-order chi connectivity index (χ1) is 8.77. The number of carbonyl (C=O) groups is 1. The van der Waals surface area contributed by atoms with Crippen LogP contribution in [0.5, 0.6) is 0 Å². The zero-order valence-corrected chi connectivity index (χ0v) is 10.2. The molecule has 2 N–H and O–H groups in total. The molecule has 0 spiro atoms. The van der Waals surface area contributed by atoms with Gasteiger partial charge in [-0.25, -0.2) is 0 Å². The van der Waals surface area contributed by atoms with Crippen LogP contribution in [0.15, 0.2) is 40.6 Å². The van der Waals surface area contributed by atoms with Crippen molar-refractivity contribution in [3.63, 3.8) is 0 Å². The number of nitrogens with zero attached hydrogens (tertiary/aromatic N) is 3. The van der Waals surface area contributed by atoms with Crippen LogP contribution in [0.3, 0.4) is 0 Å². The van der Waals surface area contributed by atoms with Crippen LogP contribution in [-0.2, 0) is 0 Å². The number of carbonyl (C=O) groups excluding carboxylic acids is 1. The molecule has 2 rings (SSSR count). The van der Waals surface area contributed by atoms with Crippen molar-refractivity contribution in [1.82, 2.24) is 4.91 Å². The van der Waals surface area contributed by atoms with Crippen molar-refractivity contribution in [3.8, 4) is 0 Å². The summed E-state index contributed by atoms with van der Waals surface area (Å²) in [5.41, 5.74) is 6.44. The predicted octanol–water partition coefficient (Wildman–Crippen LogP) is 2.07. The standard InChI is InChI=1S/C13H17N4O/c14-11-8-4-5-9-12(11)15-17-16-13(18)10-6-2-1-3-7-10/h1-3,6-7,11-12H,4-5,8-9,14H2/q+1. The molecule has 0 radical (unpaired) electrons. The van der Waals surface area contributed by atoms with Crippen molar-refractivity contribution in [2.45, 2.75) is 37.8 Å². The third kappa shape index (κ3) is 3.32. The molecule has 0 aromatic heterocycles. The smallest absolute Gasteiger partial charge is 0.326 e. The molecule has 1 aliphatic rings. The van der Waals surface area contributed by atoms with Gasteiger partial charge in [0.2, 0.25) is 10.0 Å². The molecule has 1 saturated carbocycles. The number of benzene rings is 1. The molecule has 2 unspecified atom stereocenters. The van der Waals surface area contributed by atoms with E-state index in [1.54, 1.807) is 24.3 Å². The summed E-state index contributed by atoms with van der Waals surface area (Å²) in [6, 6.07) is 8.88. The van der Waals surface area contributed by atoms with E-state index in [1.165, 1.54) is 0 Å². The van der Waals surface area contributed by atoms with Crippen LogP contribution in [-0.4, -0.2) is 18.0 Å². The van der Waals surface area contributed by atoms with Gasteiger partial charge in [0.15, 0.2) is 0 Å². The van der Waals surface area contributed by atoms with Gasteiger partial charge in [0.25, 0.3) is 0 Å². The molecule has 0 aliphatic heterocycles. The Kier molecular flexibility index (Phi) is 4.34. The summed E-state index contributed by atoms with van der Waals surface area (Å²) in [6.45, 7) is 0. The first kappa shape index (κ1) is 12.6. The average Bonchev–Trinajstić information content (AvgIpc) is 2.42. The lowest BCUT2D eigenvalue weighted by Crippen LogP contribution is -2.36. The van der Waals surface area contributed by atoms with Gasteiger partial charge in [0.05, 0.1) is 0 Å². The highest BCUT2D eigenvalue weighted by molar-refractivity contribution is 5.94. The number of amides is 1. The maximum atomic E-state index is 11.6. The Morgan fingerprint density at radius 2 is 1.94 bits per heavy atom. The van der Waals surface area contributed by atoms with Crippen molar-refractivity contribution in [2.75, 3.05) is 0 Å². The van der Waals surface area contributed by atoms with Crippen molar-refractivity contribution in [1.29, 1.82) is 0 Å². The predicted molar refractivity (Wildman–Crippen MR) is 68.0 cm³/mol. The topological polar surface area (TPSA) is 81.9 Å². The number of hydrogen-bond donors (Lipinski definition) is 1. The Morgan fingerprint density at radius 3 is 2.67 bits per heavy atom. The van der Waals surface area contributed by atoms with Crippen LogP contribution in [0, 0.1) is 0 Å². The molecule has 1 aromatic rings. The second-order valence-corrected chi connectivity index (χ2v) is 4.49. The summed E-state index contributed by atoms with van der Waals surface area (Å²) >= 11 is 0. The number of hydrogen-bond acceptors (Lipinski definition) is 3. The van der Waals surface area contributed by atoms with Gasteiger partial charge < -0.3 is 5.73 Å².